The Labute approximate surface area is 308 Å². The maximum absolute atomic E-state index is 14.3. The Morgan fingerprint density at radius 1 is 0.907 bits per heavy atom. The molecule has 1 atom stereocenters. The van der Waals surface area contributed by atoms with Crippen LogP contribution in [-0.2, 0) is 27.4 Å². The molecule has 0 spiro atoms. The number of aromatic nitrogens is 2. The van der Waals surface area contributed by atoms with Crippen molar-refractivity contribution in [2.75, 3.05) is 11.5 Å². The number of fused-ring (bicyclic) bond motifs is 7. The number of ether oxygens (including phenoxy) is 1. The number of hydrogen-bond donors (Lipinski definition) is 3. The second-order valence-corrected chi connectivity index (χ2v) is 13.6. The lowest BCUT2D eigenvalue weighted by atomic mass is 9.98. The highest BCUT2D eigenvalue weighted by Crippen LogP contribution is 2.44. The molecule has 270 valence electrons. The number of aliphatic carboxylic acids is 2. The number of nitrogens with zero attached hydrogens (tertiary/aromatic N) is 3. The lowest BCUT2D eigenvalue weighted by Crippen LogP contribution is -2.41. The van der Waals surface area contributed by atoms with Crippen molar-refractivity contribution in [2.45, 2.75) is 44.8 Å². The number of carbonyl (C=O) groups is 4. The highest BCUT2D eigenvalue weighted by Gasteiger charge is 2.37. The van der Waals surface area contributed by atoms with Crippen LogP contribution in [0.3, 0.4) is 0 Å². The quantitative estimate of drug-likeness (QED) is 0.132. The summed E-state index contributed by atoms with van der Waals surface area (Å²) in [5.41, 5.74) is 6.43. The number of aromatic amines is 1. The molecule has 1 aliphatic heterocycles. The molecule has 0 saturated carbocycles. The van der Waals surface area contributed by atoms with Crippen molar-refractivity contribution in [2.24, 2.45) is 0 Å². The first kappa shape index (κ1) is 34.3. The number of H-pyrrole nitrogens is 1. The second-order valence-electron chi connectivity index (χ2n) is 13.6. The van der Waals surface area contributed by atoms with Gasteiger partial charge in [-0.1, -0.05) is 66.7 Å². The first-order chi connectivity index (χ1) is 26.1. The molecule has 0 bridgehead atoms. The monoisotopic (exact) mass is 722 g/mol. The smallest absolute Gasteiger partial charge is 0.414 e. The number of benzene rings is 5. The summed E-state index contributed by atoms with van der Waals surface area (Å²) in [5, 5.41) is 21.0. The summed E-state index contributed by atoms with van der Waals surface area (Å²) in [6, 6.07) is 28.8. The first-order valence-corrected chi connectivity index (χ1v) is 17.5. The van der Waals surface area contributed by atoms with Crippen molar-refractivity contribution in [3.8, 4) is 11.1 Å². The van der Waals surface area contributed by atoms with E-state index >= 15 is 0 Å². The van der Waals surface area contributed by atoms with Crippen LogP contribution in [0.25, 0.3) is 32.8 Å². The van der Waals surface area contributed by atoms with E-state index in [1.54, 1.807) is 31.2 Å². The summed E-state index contributed by atoms with van der Waals surface area (Å²) >= 11 is 0. The van der Waals surface area contributed by atoms with Gasteiger partial charge >= 0.3 is 18.0 Å². The van der Waals surface area contributed by atoms with E-state index in [4.69, 9.17) is 4.74 Å². The molecule has 0 radical (unpaired) electrons. The molecule has 2 aliphatic rings. The van der Waals surface area contributed by atoms with Crippen LogP contribution in [-0.4, -0.2) is 61.7 Å². The largest absolute Gasteiger partial charge is 0.481 e. The summed E-state index contributed by atoms with van der Waals surface area (Å²) in [7, 11) is 0. The van der Waals surface area contributed by atoms with Crippen molar-refractivity contribution < 1.29 is 34.1 Å². The number of amides is 2. The molecule has 6 aromatic rings. The number of rotatable bonds is 10. The lowest BCUT2D eigenvalue weighted by Gasteiger charge is -2.25. The standard InChI is InChI=1S/C42H34N4O8/c1-23-43-35-15-12-25-11-10-24(18-33(25)38(35)39(49)44-23)20-45(42(53)54-22-34-31-8-4-2-6-29(31)30-7-3-5-9-32(30)34)27-13-14-28-26(19-27)21-46(40(28)50)36(41(51)52)16-17-37(47)48/h2-15,18-19,34,36H,16-17,20-22H2,1H3,(H,47,48)(H,51,52)(H,43,44,49). The van der Waals surface area contributed by atoms with E-state index < -0.39 is 36.4 Å². The molecule has 2 heterocycles. The van der Waals surface area contributed by atoms with Gasteiger partial charge in [-0.25, -0.2) is 14.6 Å². The summed E-state index contributed by atoms with van der Waals surface area (Å²) in [6.45, 7) is 1.74. The average Bonchev–Trinajstić information content (AvgIpc) is 3.65. The molecule has 0 fully saturated rings. The van der Waals surface area contributed by atoms with Crippen molar-refractivity contribution in [3.05, 3.63) is 141 Å². The van der Waals surface area contributed by atoms with E-state index in [2.05, 4.69) is 22.1 Å². The molecule has 1 aromatic heterocycles. The molecular formula is C42H34N4O8. The van der Waals surface area contributed by atoms with E-state index in [9.17, 15) is 34.2 Å². The van der Waals surface area contributed by atoms with Gasteiger partial charge in [0.25, 0.3) is 11.5 Å². The van der Waals surface area contributed by atoms with E-state index in [-0.39, 0.29) is 43.2 Å². The third kappa shape index (κ3) is 6.11. The molecule has 12 heteroatoms. The lowest BCUT2D eigenvalue weighted by molar-refractivity contribution is -0.143. The summed E-state index contributed by atoms with van der Waals surface area (Å²) in [4.78, 5) is 74.1. The molecule has 8 rings (SSSR count). The van der Waals surface area contributed by atoms with Crippen molar-refractivity contribution >= 4 is 51.3 Å². The molecular weight excluding hydrogens is 688 g/mol. The van der Waals surface area contributed by atoms with E-state index in [0.717, 1.165) is 32.5 Å². The van der Waals surface area contributed by atoms with Gasteiger partial charge in [0.1, 0.15) is 18.5 Å². The van der Waals surface area contributed by atoms with Gasteiger partial charge in [-0.2, -0.15) is 0 Å². The maximum atomic E-state index is 14.3. The number of hydrogen-bond acceptors (Lipinski definition) is 7. The highest BCUT2D eigenvalue weighted by atomic mass is 16.6. The van der Waals surface area contributed by atoms with Gasteiger partial charge in [0, 0.05) is 30.1 Å². The normalized spacial score (nSPS) is 13.8. The van der Waals surface area contributed by atoms with Crippen LogP contribution in [0.2, 0.25) is 0 Å². The predicted octanol–water partition coefficient (Wildman–Crippen LogP) is 6.61. The summed E-state index contributed by atoms with van der Waals surface area (Å²) in [6.07, 6.45) is -1.31. The third-order valence-electron chi connectivity index (χ3n) is 10.3. The van der Waals surface area contributed by atoms with Crippen LogP contribution in [0.15, 0.2) is 102 Å². The van der Waals surface area contributed by atoms with Crippen LogP contribution >= 0.6 is 0 Å². The molecule has 1 unspecified atom stereocenters. The maximum Gasteiger partial charge on any atom is 0.414 e. The fourth-order valence-electron chi connectivity index (χ4n) is 7.76. The predicted molar refractivity (Wildman–Crippen MR) is 200 cm³/mol. The van der Waals surface area contributed by atoms with Gasteiger partial charge < -0.3 is 24.8 Å². The third-order valence-corrected chi connectivity index (χ3v) is 10.3. The summed E-state index contributed by atoms with van der Waals surface area (Å²) in [5.74, 6) is -2.69. The molecule has 0 saturated heterocycles. The van der Waals surface area contributed by atoms with E-state index in [1.165, 1.54) is 4.90 Å². The number of anilines is 1. The first-order valence-electron chi connectivity index (χ1n) is 17.5. The molecule has 54 heavy (non-hydrogen) atoms. The number of carboxylic acid groups (broad SMARTS) is 2. The SMILES string of the molecule is Cc1nc2ccc3ccc(CN(C(=O)OCC4c5ccccc5-c5ccccc54)c4ccc5c(c4)CN(C(CCC(=O)O)C(=O)O)C5=O)cc3c2c(=O)[nH]1. The Bertz CT molecular complexity index is 2550. The van der Waals surface area contributed by atoms with Gasteiger partial charge in [-0.3, -0.25) is 19.3 Å². The van der Waals surface area contributed by atoms with Crippen LogP contribution < -0.4 is 10.5 Å². The zero-order valence-electron chi connectivity index (χ0n) is 29.1. The van der Waals surface area contributed by atoms with Gasteiger partial charge in [0.2, 0.25) is 0 Å². The van der Waals surface area contributed by atoms with Crippen LogP contribution in [0, 0.1) is 6.92 Å². The minimum Gasteiger partial charge on any atom is -0.481 e. The fraction of sp³-hybridized carbons (Fsp3) is 0.190. The van der Waals surface area contributed by atoms with Crippen molar-refractivity contribution in [1.82, 2.24) is 14.9 Å². The van der Waals surface area contributed by atoms with Crippen molar-refractivity contribution in [3.63, 3.8) is 0 Å². The Kier molecular flexibility index (Phi) is 8.65. The zero-order chi connectivity index (χ0) is 37.7. The second kappa shape index (κ2) is 13.6. The molecule has 3 N–H and O–H groups in total. The molecule has 5 aromatic carbocycles. The number of carboxylic acids is 2. The minimum absolute atomic E-state index is 0.0347. The van der Waals surface area contributed by atoms with Crippen LogP contribution in [0.5, 0.6) is 0 Å². The topological polar surface area (TPSA) is 170 Å². The van der Waals surface area contributed by atoms with E-state index in [1.807, 2.05) is 60.7 Å². The molecule has 2 amide bonds. The van der Waals surface area contributed by atoms with Gasteiger partial charge in [0.05, 0.1) is 17.4 Å². The van der Waals surface area contributed by atoms with Crippen LogP contribution in [0.4, 0.5) is 10.5 Å². The summed E-state index contributed by atoms with van der Waals surface area (Å²) < 4.78 is 6.12. The van der Waals surface area contributed by atoms with E-state index in [0.29, 0.717) is 38.9 Å². The Balaban J connectivity index is 1.15. The molecule has 12 nitrogen and oxygen atoms in total. The number of nitrogens with one attached hydrogen (secondary N) is 1. The van der Waals surface area contributed by atoms with Gasteiger partial charge in [-0.05, 0) is 87.8 Å². The minimum atomic E-state index is -1.34. The van der Waals surface area contributed by atoms with Crippen molar-refractivity contribution in [1.29, 1.82) is 0 Å². The average molecular weight is 723 g/mol. The highest BCUT2D eigenvalue weighted by molar-refractivity contribution is 6.06. The Hall–Kier alpha value is -6.82. The number of carbonyl (C=O) groups excluding carboxylic acids is 2. The zero-order valence-corrected chi connectivity index (χ0v) is 29.1. The Morgan fingerprint density at radius 3 is 2.31 bits per heavy atom. The fourth-order valence-corrected chi connectivity index (χ4v) is 7.76. The Morgan fingerprint density at radius 2 is 1.61 bits per heavy atom. The van der Waals surface area contributed by atoms with Crippen LogP contribution in [0.1, 0.15) is 57.2 Å². The number of aryl methyl sites for hydroxylation is 1. The van der Waals surface area contributed by atoms with Gasteiger partial charge in [0.15, 0.2) is 0 Å². The molecule has 1 aliphatic carbocycles. The van der Waals surface area contributed by atoms with Gasteiger partial charge in [-0.15, -0.1) is 0 Å².